The first-order valence-corrected chi connectivity index (χ1v) is 10.6. The number of hydrogen-bond donors (Lipinski definition) is 1. The van der Waals surface area contributed by atoms with Gasteiger partial charge in [-0.3, -0.25) is 14.2 Å². The second kappa shape index (κ2) is 9.16. The number of ether oxygens (including phenoxy) is 1. The third kappa shape index (κ3) is 4.68. The molecule has 8 heteroatoms. The van der Waals surface area contributed by atoms with Gasteiger partial charge in [0.2, 0.25) is 0 Å². The predicted molar refractivity (Wildman–Crippen MR) is 114 cm³/mol. The average Bonchev–Trinajstić information content (AvgIpc) is 3.26. The lowest BCUT2D eigenvalue weighted by molar-refractivity contribution is -0.129. The highest BCUT2D eigenvalue weighted by atomic mass is 16.5. The molecule has 1 N–H and O–H groups in total. The SMILES string of the molecule is C[C@@H](OC(=O)c1ccc2c(=O)n3c(nc2c1)CCCCCC3)C(=O)NCc1ccco1. The molecule has 1 aliphatic rings. The van der Waals surface area contributed by atoms with E-state index in [0.717, 1.165) is 37.9 Å². The summed E-state index contributed by atoms with van der Waals surface area (Å²) in [5.74, 6) is 0.293. The number of rotatable bonds is 5. The Balaban J connectivity index is 1.49. The minimum atomic E-state index is -0.979. The molecule has 31 heavy (non-hydrogen) atoms. The molecular formula is C23H25N3O5. The van der Waals surface area contributed by atoms with Crippen LogP contribution in [0.4, 0.5) is 0 Å². The number of aromatic nitrogens is 2. The maximum atomic E-state index is 12.9. The molecule has 0 fully saturated rings. The van der Waals surface area contributed by atoms with E-state index in [-0.39, 0.29) is 17.7 Å². The van der Waals surface area contributed by atoms with Gasteiger partial charge in [-0.1, -0.05) is 12.8 Å². The molecule has 2 aromatic heterocycles. The van der Waals surface area contributed by atoms with Crippen LogP contribution in [0.5, 0.6) is 0 Å². The molecule has 1 aliphatic heterocycles. The number of carbonyl (C=O) groups is 2. The van der Waals surface area contributed by atoms with Crippen LogP contribution in [0.25, 0.3) is 10.9 Å². The van der Waals surface area contributed by atoms with Gasteiger partial charge in [0.1, 0.15) is 11.6 Å². The monoisotopic (exact) mass is 423 g/mol. The Bertz CT molecular complexity index is 1150. The molecule has 1 aromatic carbocycles. The number of fused-ring (bicyclic) bond motifs is 2. The van der Waals surface area contributed by atoms with Gasteiger partial charge < -0.3 is 14.5 Å². The summed E-state index contributed by atoms with van der Waals surface area (Å²) in [6.07, 6.45) is 5.47. The third-order valence-corrected chi connectivity index (χ3v) is 5.47. The van der Waals surface area contributed by atoms with Crippen molar-refractivity contribution in [1.82, 2.24) is 14.9 Å². The van der Waals surface area contributed by atoms with E-state index in [1.165, 1.54) is 19.3 Å². The summed E-state index contributed by atoms with van der Waals surface area (Å²) in [6, 6.07) is 8.17. The van der Waals surface area contributed by atoms with Crippen LogP contribution >= 0.6 is 0 Å². The van der Waals surface area contributed by atoms with Crippen molar-refractivity contribution in [3.8, 4) is 0 Å². The molecule has 0 bridgehead atoms. The van der Waals surface area contributed by atoms with Gasteiger partial charge in [-0.05, 0) is 50.1 Å². The average molecular weight is 423 g/mol. The van der Waals surface area contributed by atoms with Crippen molar-refractivity contribution >= 4 is 22.8 Å². The zero-order chi connectivity index (χ0) is 21.8. The molecule has 1 amide bonds. The van der Waals surface area contributed by atoms with Crippen molar-refractivity contribution in [2.75, 3.05) is 0 Å². The van der Waals surface area contributed by atoms with Crippen molar-refractivity contribution in [3.05, 3.63) is 64.1 Å². The number of nitrogens with one attached hydrogen (secondary N) is 1. The van der Waals surface area contributed by atoms with E-state index in [9.17, 15) is 14.4 Å². The van der Waals surface area contributed by atoms with E-state index >= 15 is 0 Å². The van der Waals surface area contributed by atoms with Gasteiger partial charge in [-0.25, -0.2) is 9.78 Å². The quantitative estimate of drug-likeness (QED) is 0.633. The number of carbonyl (C=O) groups excluding carboxylic acids is 2. The number of benzene rings is 1. The minimum Gasteiger partial charge on any atom is -0.467 e. The number of aryl methyl sites for hydroxylation is 1. The fourth-order valence-corrected chi connectivity index (χ4v) is 3.74. The summed E-state index contributed by atoms with van der Waals surface area (Å²) in [7, 11) is 0. The van der Waals surface area contributed by atoms with Crippen molar-refractivity contribution in [1.29, 1.82) is 0 Å². The lowest BCUT2D eigenvalue weighted by Crippen LogP contribution is -2.35. The Hall–Kier alpha value is -3.42. The summed E-state index contributed by atoms with van der Waals surface area (Å²) in [6.45, 7) is 2.39. The van der Waals surface area contributed by atoms with Crippen LogP contribution in [0.15, 0.2) is 45.8 Å². The van der Waals surface area contributed by atoms with E-state index in [1.54, 1.807) is 28.8 Å². The molecule has 0 aliphatic carbocycles. The number of amides is 1. The Morgan fingerprint density at radius 2 is 2.06 bits per heavy atom. The molecule has 0 spiro atoms. The van der Waals surface area contributed by atoms with E-state index in [1.807, 2.05) is 0 Å². The fraction of sp³-hybridized carbons (Fsp3) is 0.391. The third-order valence-electron chi connectivity index (χ3n) is 5.47. The molecule has 3 aromatic rings. The van der Waals surface area contributed by atoms with E-state index < -0.39 is 18.0 Å². The molecule has 4 rings (SSSR count). The number of nitrogens with zero attached hydrogens (tertiary/aromatic N) is 2. The number of furan rings is 1. The van der Waals surface area contributed by atoms with Gasteiger partial charge >= 0.3 is 5.97 Å². The molecule has 162 valence electrons. The molecule has 0 saturated carbocycles. The van der Waals surface area contributed by atoms with Crippen LogP contribution < -0.4 is 10.9 Å². The first-order valence-electron chi connectivity index (χ1n) is 10.6. The van der Waals surface area contributed by atoms with Gasteiger partial charge in [0.05, 0.1) is 29.3 Å². The zero-order valence-corrected chi connectivity index (χ0v) is 17.4. The van der Waals surface area contributed by atoms with E-state index in [0.29, 0.717) is 23.2 Å². The maximum absolute atomic E-state index is 12.9. The van der Waals surface area contributed by atoms with Crippen molar-refractivity contribution in [2.24, 2.45) is 0 Å². The lowest BCUT2D eigenvalue weighted by atomic mass is 10.1. The fourth-order valence-electron chi connectivity index (χ4n) is 3.74. The normalized spacial score (nSPS) is 14.9. The van der Waals surface area contributed by atoms with E-state index in [4.69, 9.17) is 9.15 Å². The topological polar surface area (TPSA) is 103 Å². The zero-order valence-electron chi connectivity index (χ0n) is 17.4. The van der Waals surface area contributed by atoms with E-state index in [2.05, 4.69) is 10.3 Å². The van der Waals surface area contributed by atoms with Crippen LogP contribution in [0.1, 0.15) is 54.5 Å². The summed E-state index contributed by atoms with van der Waals surface area (Å²) in [5.41, 5.74) is 0.648. The van der Waals surface area contributed by atoms with Gasteiger partial charge in [-0.2, -0.15) is 0 Å². The predicted octanol–water partition coefficient (Wildman–Crippen LogP) is 2.97. The lowest BCUT2D eigenvalue weighted by Gasteiger charge is -2.16. The molecule has 0 radical (unpaired) electrons. The Morgan fingerprint density at radius 1 is 1.23 bits per heavy atom. The largest absolute Gasteiger partial charge is 0.467 e. The van der Waals surface area contributed by atoms with Gasteiger partial charge in [-0.15, -0.1) is 0 Å². The minimum absolute atomic E-state index is 0.0764. The molecule has 1 atom stereocenters. The smallest absolute Gasteiger partial charge is 0.338 e. The highest BCUT2D eigenvalue weighted by Crippen LogP contribution is 2.17. The molecule has 0 unspecified atom stereocenters. The van der Waals surface area contributed by atoms with Crippen LogP contribution in [0.3, 0.4) is 0 Å². The number of hydrogen-bond acceptors (Lipinski definition) is 6. The first-order chi connectivity index (χ1) is 15.0. The highest BCUT2D eigenvalue weighted by Gasteiger charge is 2.20. The first kappa shape index (κ1) is 20.8. The molecule has 0 saturated heterocycles. The van der Waals surface area contributed by atoms with Crippen LogP contribution in [-0.2, 0) is 29.0 Å². The summed E-state index contributed by atoms with van der Waals surface area (Å²) < 4.78 is 12.2. The van der Waals surface area contributed by atoms with Crippen LogP contribution in [0, 0.1) is 0 Å². The standard InChI is InChI=1S/C23H25N3O5/c1-15(21(27)24-14-17-7-6-12-30-17)31-23(29)16-9-10-18-19(13-16)25-20-8-4-2-3-5-11-26(20)22(18)28/h6-7,9-10,12-13,15H,2-5,8,11,14H2,1H3,(H,24,27)/t15-/m1/s1. The molecule has 8 nitrogen and oxygen atoms in total. The van der Waals surface area contributed by atoms with Crippen molar-refractivity contribution < 1.29 is 18.7 Å². The second-order valence-corrected chi connectivity index (χ2v) is 7.73. The molecule has 3 heterocycles. The van der Waals surface area contributed by atoms with Gasteiger partial charge in [0.25, 0.3) is 11.5 Å². The van der Waals surface area contributed by atoms with Gasteiger partial charge in [0, 0.05) is 13.0 Å². The Morgan fingerprint density at radius 3 is 2.87 bits per heavy atom. The molecular weight excluding hydrogens is 398 g/mol. The summed E-state index contributed by atoms with van der Waals surface area (Å²) >= 11 is 0. The van der Waals surface area contributed by atoms with Crippen LogP contribution in [0.2, 0.25) is 0 Å². The number of esters is 1. The summed E-state index contributed by atoms with van der Waals surface area (Å²) in [4.78, 5) is 42.3. The van der Waals surface area contributed by atoms with Crippen LogP contribution in [-0.4, -0.2) is 27.5 Å². The van der Waals surface area contributed by atoms with Crippen molar-refractivity contribution in [3.63, 3.8) is 0 Å². The Kier molecular flexibility index (Phi) is 6.16. The second-order valence-electron chi connectivity index (χ2n) is 7.73. The van der Waals surface area contributed by atoms with Crippen molar-refractivity contribution in [2.45, 2.75) is 58.2 Å². The maximum Gasteiger partial charge on any atom is 0.338 e. The highest BCUT2D eigenvalue weighted by molar-refractivity contribution is 5.95. The van der Waals surface area contributed by atoms with Gasteiger partial charge in [0.15, 0.2) is 6.10 Å². The summed E-state index contributed by atoms with van der Waals surface area (Å²) in [5, 5.41) is 3.13. The Labute approximate surface area is 179 Å².